The molecule has 2 rings (SSSR count). The molecule has 2 N–H and O–H groups in total. The highest BCUT2D eigenvalue weighted by Crippen LogP contribution is 2.43. The van der Waals surface area contributed by atoms with Crippen LogP contribution in [-0.2, 0) is 10.0 Å². The molecule has 2 aliphatic rings. The molecular formula is C16H32N4O2S2. The highest BCUT2D eigenvalue weighted by Gasteiger charge is 2.34. The molecule has 1 saturated carbocycles. The van der Waals surface area contributed by atoms with Gasteiger partial charge in [-0.25, -0.2) is 12.7 Å². The van der Waals surface area contributed by atoms with Gasteiger partial charge in [0.15, 0.2) is 5.96 Å². The van der Waals surface area contributed by atoms with E-state index >= 15 is 0 Å². The normalized spacial score (nSPS) is 22.0. The van der Waals surface area contributed by atoms with E-state index in [0.29, 0.717) is 25.0 Å². The van der Waals surface area contributed by atoms with Crippen molar-refractivity contribution in [3.05, 3.63) is 0 Å². The maximum atomic E-state index is 12.4. The molecule has 2 fully saturated rings. The van der Waals surface area contributed by atoms with Gasteiger partial charge in [0.1, 0.15) is 0 Å². The van der Waals surface area contributed by atoms with E-state index in [2.05, 4.69) is 17.6 Å². The lowest BCUT2D eigenvalue weighted by molar-refractivity contribution is 0.139. The molecule has 0 spiro atoms. The van der Waals surface area contributed by atoms with Crippen molar-refractivity contribution in [1.29, 1.82) is 0 Å². The summed E-state index contributed by atoms with van der Waals surface area (Å²) in [5.74, 6) is 2.66. The Kier molecular flexibility index (Phi) is 7.68. The predicted octanol–water partition coefficient (Wildman–Crippen LogP) is 1.50. The number of guanidine groups is 1. The molecule has 1 saturated heterocycles. The average molecular weight is 377 g/mol. The van der Waals surface area contributed by atoms with E-state index in [1.807, 2.05) is 18.7 Å². The zero-order valence-electron chi connectivity index (χ0n) is 15.0. The second-order valence-electron chi connectivity index (χ2n) is 6.66. The number of nitrogens with one attached hydrogen (secondary N) is 2. The zero-order chi connectivity index (χ0) is 17.5. The van der Waals surface area contributed by atoms with Crippen LogP contribution in [0.1, 0.15) is 39.5 Å². The van der Waals surface area contributed by atoms with Gasteiger partial charge in [-0.15, -0.1) is 0 Å². The topological polar surface area (TPSA) is 73.8 Å². The lowest BCUT2D eigenvalue weighted by atomic mass is 9.67. The summed E-state index contributed by atoms with van der Waals surface area (Å²) in [6.45, 7) is 7.55. The van der Waals surface area contributed by atoms with Gasteiger partial charge in [-0.3, -0.25) is 4.99 Å². The minimum Gasteiger partial charge on any atom is -0.357 e. The standard InChI is InChI=1S/C16H32N4O2S2/c1-3-16(6-5-7-16)14-19-15(17-4-2)18-8-13-24(21,22)20-9-11-23-12-10-20/h3-14H2,1-2H3,(H2,17,18,19). The quantitative estimate of drug-likeness (QED) is 0.496. The fourth-order valence-corrected chi connectivity index (χ4v) is 5.63. The molecule has 0 aromatic carbocycles. The number of thioether (sulfide) groups is 1. The van der Waals surface area contributed by atoms with Crippen molar-refractivity contribution in [1.82, 2.24) is 14.9 Å². The molecule has 1 aliphatic carbocycles. The van der Waals surface area contributed by atoms with E-state index in [0.717, 1.165) is 37.0 Å². The molecule has 0 atom stereocenters. The summed E-state index contributed by atoms with van der Waals surface area (Å²) >= 11 is 1.82. The molecule has 0 radical (unpaired) electrons. The number of hydrogen-bond acceptors (Lipinski definition) is 4. The van der Waals surface area contributed by atoms with Gasteiger partial charge in [0, 0.05) is 44.2 Å². The van der Waals surface area contributed by atoms with Crippen LogP contribution in [0.5, 0.6) is 0 Å². The lowest BCUT2D eigenvalue weighted by Gasteiger charge is -2.40. The second kappa shape index (κ2) is 9.29. The van der Waals surface area contributed by atoms with Gasteiger partial charge >= 0.3 is 0 Å². The molecule has 6 nitrogen and oxygen atoms in total. The fraction of sp³-hybridized carbons (Fsp3) is 0.938. The van der Waals surface area contributed by atoms with Crippen molar-refractivity contribution >= 4 is 27.7 Å². The van der Waals surface area contributed by atoms with Gasteiger partial charge in [0.25, 0.3) is 0 Å². The van der Waals surface area contributed by atoms with Gasteiger partial charge in [-0.05, 0) is 31.6 Å². The Hall–Kier alpha value is -0.470. The maximum absolute atomic E-state index is 12.4. The minimum atomic E-state index is -3.16. The first-order valence-electron chi connectivity index (χ1n) is 9.09. The molecule has 8 heteroatoms. The van der Waals surface area contributed by atoms with Crippen LogP contribution >= 0.6 is 11.8 Å². The van der Waals surface area contributed by atoms with Crippen molar-refractivity contribution in [3.8, 4) is 0 Å². The van der Waals surface area contributed by atoms with Gasteiger partial charge in [0.2, 0.25) is 10.0 Å². The maximum Gasteiger partial charge on any atom is 0.215 e. The highest BCUT2D eigenvalue weighted by atomic mass is 32.2. The molecule has 0 unspecified atom stereocenters. The average Bonchev–Trinajstić information content (AvgIpc) is 2.55. The summed E-state index contributed by atoms with van der Waals surface area (Å²) in [4.78, 5) is 4.69. The first-order chi connectivity index (χ1) is 11.5. The van der Waals surface area contributed by atoms with E-state index in [9.17, 15) is 8.42 Å². The van der Waals surface area contributed by atoms with Crippen LogP contribution in [0.15, 0.2) is 4.99 Å². The molecule has 1 heterocycles. The van der Waals surface area contributed by atoms with E-state index in [1.54, 1.807) is 4.31 Å². The van der Waals surface area contributed by atoms with Crippen molar-refractivity contribution < 1.29 is 8.42 Å². The van der Waals surface area contributed by atoms with Crippen molar-refractivity contribution in [2.24, 2.45) is 10.4 Å². The fourth-order valence-electron chi connectivity index (χ4n) is 3.14. The third-order valence-corrected chi connectivity index (χ3v) is 7.91. The highest BCUT2D eigenvalue weighted by molar-refractivity contribution is 7.99. The molecule has 0 amide bonds. The van der Waals surface area contributed by atoms with Crippen molar-refractivity contribution in [2.45, 2.75) is 39.5 Å². The van der Waals surface area contributed by atoms with Crippen LogP contribution in [0.4, 0.5) is 0 Å². The molecular weight excluding hydrogens is 344 g/mol. The Labute approximate surface area is 151 Å². The van der Waals surface area contributed by atoms with E-state index in [-0.39, 0.29) is 5.75 Å². The first-order valence-corrected chi connectivity index (χ1v) is 11.9. The third kappa shape index (κ3) is 5.52. The van der Waals surface area contributed by atoms with Crippen LogP contribution in [0.25, 0.3) is 0 Å². The molecule has 0 aromatic rings. The lowest BCUT2D eigenvalue weighted by Crippen LogP contribution is -2.44. The molecule has 1 aliphatic heterocycles. The molecule has 0 bridgehead atoms. The molecule has 0 aromatic heterocycles. The smallest absolute Gasteiger partial charge is 0.215 e. The summed E-state index contributed by atoms with van der Waals surface area (Å²) < 4.78 is 26.3. The van der Waals surface area contributed by atoms with Crippen LogP contribution in [0.2, 0.25) is 0 Å². The van der Waals surface area contributed by atoms with Crippen LogP contribution in [-0.4, -0.2) is 68.7 Å². The Bertz CT molecular complexity index is 507. The van der Waals surface area contributed by atoms with Crippen LogP contribution < -0.4 is 10.6 Å². The predicted molar refractivity (Wildman–Crippen MR) is 103 cm³/mol. The monoisotopic (exact) mass is 376 g/mol. The summed E-state index contributed by atoms with van der Waals surface area (Å²) in [6.07, 6.45) is 4.98. The minimum absolute atomic E-state index is 0.126. The number of sulfonamides is 1. The summed E-state index contributed by atoms with van der Waals surface area (Å²) in [7, 11) is -3.16. The Morgan fingerprint density at radius 3 is 2.46 bits per heavy atom. The zero-order valence-corrected chi connectivity index (χ0v) is 16.6. The Balaban J connectivity index is 1.82. The Morgan fingerprint density at radius 1 is 1.21 bits per heavy atom. The molecule has 24 heavy (non-hydrogen) atoms. The summed E-state index contributed by atoms with van der Waals surface area (Å²) in [5, 5.41) is 6.41. The first kappa shape index (κ1) is 19.8. The van der Waals surface area contributed by atoms with Gasteiger partial charge in [-0.2, -0.15) is 11.8 Å². The van der Waals surface area contributed by atoms with E-state index in [4.69, 9.17) is 4.99 Å². The number of aliphatic imine (C=N–C) groups is 1. The molecule has 140 valence electrons. The summed E-state index contributed by atoms with van der Waals surface area (Å²) in [6, 6.07) is 0. The van der Waals surface area contributed by atoms with E-state index < -0.39 is 10.0 Å². The third-order valence-electron chi connectivity index (χ3n) is 5.10. The van der Waals surface area contributed by atoms with Gasteiger partial charge in [0.05, 0.1) is 5.75 Å². The Morgan fingerprint density at radius 2 is 1.92 bits per heavy atom. The van der Waals surface area contributed by atoms with Crippen molar-refractivity contribution in [3.63, 3.8) is 0 Å². The van der Waals surface area contributed by atoms with Crippen LogP contribution in [0.3, 0.4) is 0 Å². The van der Waals surface area contributed by atoms with Gasteiger partial charge in [-0.1, -0.05) is 13.3 Å². The van der Waals surface area contributed by atoms with E-state index in [1.165, 1.54) is 19.3 Å². The SMILES string of the molecule is CCNC(=NCC1(CC)CCC1)NCCS(=O)(=O)N1CCSCC1. The van der Waals surface area contributed by atoms with Gasteiger partial charge < -0.3 is 10.6 Å². The number of rotatable bonds is 8. The summed E-state index contributed by atoms with van der Waals surface area (Å²) in [5.41, 5.74) is 0.375. The largest absolute Gasteiger partial charge is 0.357 e. The van der Waals surface area contributed by atoms with Crippen molar-refractivity contribution in [2.75, 3.05) is 50.0 Å². The van der Waals surface area contributed by atoms with Crippen LogP contribution in [0, 0.1) is 5.41 Å². The second-order valence-corrected chi connectivity index (χ2v) is 9.97. The number of nitrogens with zero attached hydrogens (tertiary/aromatic N) is 2. The number of hydrogen-bond donors (Lipinski definition) is 2.